The quantitative estimate of drug-likeness (QED) is 0.0473. The highest BCUT2D eigenvalue weighted by atomic mass is 32.1. The van der Waals surface area contributed by atoms with E-state index < -0.39 is 10.8 Å². The van der Waals surface area contributed by atoms with E-state index in [1.165, 1.54) is 165 Å². The van der Waals surface area contributed by atoms with Crippen LogP contribution >= 0.6 is 34.0 Å². The van der Waals surface area contributed by atoms with Crippen molar-refractivity contribution in [3.63, 3.8) is 0 Å². The Labute approximate surface area is 464 Å². The van der Waals surface area contributed by atoms with Crippen molar-refractivity contribution in [3.05, 3.63) is 234 Å². The molecule has 76 heavy (non-hydrogen) atoms. The summed E-state index contributed by atoms with van der Waals surface area (Å²) in [4.78, 5) is 30.7. The van der Waals surface area contributed by atoms with Crippen molar-refractivity contribution in [2.24, 2.45) is 0 Å². The van der Waals surface area contributed by atoms with Crippen molar-refractivity contribution >= 4 is 46.6 Å². The second-order valence-electron chi connectivity index (χ2n) is 21.6. The van der Waals surface area contributed by atoms with E-state index in [2.05, 4.69) is 173 Å². The Morgan fingerprint density at radius 2 is 0.737 bits per heavy atom. The number of aryl methyl sites for hydroxylation is 4. The lowest BCUT2D eigenvalue weighted by Crippen LogP contribution is -2.35. The summed E-state index contributed by atoms with van der Waals surface area (Å²) in [6, 6.07) is 61.3. The lowest BCUT2D eigenvalue weighted by Gasteiger charge is -2.40. The molecule has 6 aromatic carbocycles. The fraction of sp³-hybridized carbons (Fsp3) is 0.296. The lowest BCUT2D eigenvalue weighted by atomic mass is 9.61. The highest BCUT2D eigenvalue weighted by Gasteiger charge is 2.57. The first-order chi connectivity index (χ1) is 37.3. The first kappa shape index (κ1) is 51.8. The number of unbranched alkanes of at least 4 members (excludes halogenated alkanes) is 9. The Morgan fingerprint density at radius 3 is 1.07 bits per heavy atom. The number of carbonyl (C=O) groups is 2. The zero-order valence-electron chi connectivity index (χ0n) is 44.8. The minimum absolute atomic E-state index is 0.717. The van der Waals surface area contributed by atoms with E-state index in [4.69, 9.17) is 0 Å². The summed E-state index contributed by atoms with van der Waals surface area (Å²) in [6.45, 7) is 9.06. The van der Waals surface area contributed by atoms with Gasteiger partial charge in [-0.1, -0.05) is 205 Å². The highest BCUT2D eigenvalue weighted by Crippen LogP contribution is 2.69. The monoisotopic (exact) mass is 1050 g/mol. The van der Waals surface area contributed by atoms with Gasteiger partial charge in [-0.15, -0.1) is 34.0 Å². The molecular formula is C71H70O2S3. The van der Waals surface area contributed by atoms with E-state index in [1.807, 2.05) is 23.5 Å². The number of fused-ring (bicyclic) bond motifs is 7. The third kappa shape index (κ3) is 9.35. The van der Waals surface area contributed by atoms with Crippen LogP contribution < -0.4 is 0 Å². The van der Waals surface area contributed by atoms with Gasteiger partial charge in [-0.2, -0.15) is 0 Å². The molecule has 11 rings (SSSR count). The van der Waals surface area contributed by atoms with Crippen LogP contribution in [0.3, 0.4) is 0 Å². The van der Waals surface area contributed by atoms with E-state index in [-0.39, 0.29) is 0 Å². The van der Waals surface area contributed by atoms with Crippen molar-refractivity contribution < 1.29 is 9.59 Å². The minimum Gasteiger partial charge on any atom is -0.297 e. The van der Waals surface area contributed by atoms with E-state index in [9.17, 15) is 9.59 Å². The molecule has 3 aromatic heterocycles. The van der Waals surface area contributed by atoms with Gasteiger partial charge in [0.05, 0.1) is 20.6 Å². The zero-order valence-corrected chi connectivity index (χ0v) is 47.3. The van der Waals surface area contributed by atoms with Crippen LogP contribution in [0.15, 0.2) is 158 Å². The molecule has 0 saturated carbocycles. The number of benzene rings is 6. The standard InChI is InChI=1S/C71H70O2S3/c1-5-8-11-14-17-49-22-32-55(33-23-49)70(54-30-20-48(4)21-31-54)62-44-52(64-42-38-58(46-72)74-64)28-40-60(62)68-66(70)67-69(76-68)61-41-29-53(65-43-39-59(47-73)75-65)45-63(61)71(67,56-34-24-50(25-35-56)18-15-12-9-6-2)57-36-26-51(27-37-57)19-16-13-10-7-3/h20-47H,5-19H2,1-4H3. The van der Waals surface area contributed by atoms with Gasteiger partial charge in [0.1, 0.15) is 0 Å². The van der Waals surface area contributed by atoms with E-state index >= 15 is 0 Å². The molecule has 1 atom stereocenters. The Hall–Kier alpha value is -6.24. The number of aldehydes is 2. The van der Waals surface area contributed by atoms with Gasteiger partial charge in [0.15, 0.2) is 12.6 Å². The second kappa shape index (κ2) is 22.8. The average Bonchev–Trinajstić information content (AvgIpc) is 3.90. The third-order valence-electron chi connectivity index (χ3n) is 16.7. The van der Waals surface area contributed by atoms with Crippen molar-refractivity contribution in [1.82, 2.24) is 0 Å². The highest BCUT2D eigenvalue weighted by molar-refractivity contribution is 7.19. The molecule has 0 spiro atoms. The molecule has 9 aromatic rings. The van der Waals surface area contributed by atoms with Gasteiger partial charge in [-0.3, -0.25) is 9.59 Å². The molecule has 1 unspecified atom stereocenters. The van der Waals surface area contributed by atoms with Crippen LogP contribution in [0.25, 0.3) is 41.8 Å². The molecule has 0 bridgehead atoms. The summed E-state index contributed by atoms with van der Waals surface area (Å²) in [5.41, 5.74) is 19.1. The average molecular weight is 1050 g/mol. The largest absolute Gasteiger partial charge is 0.297 e. The summed E-state index contributed by atoms with van der Waals surface area (Å²) >= 11 is 5.10. The molecule has 2 nitrogen and oxygen atoms in total. The number of hydrogen-bond donors (Lipinski definition) is 0. The van der Waals surface area contributed by atoms with Crippen molar-refractivity contribution in [2.75, 3.05) is 0 Å². The molecule has 2 aliphatic rings. The van der Waals surface area contributed by atoms with Crippen LogP contribution in [0.4, 0.5) is 0 Å². The maximum Gasteiger partial charge on any atom is 0.160 e. The topological polar surface area (TPSA) is 34.1 Å². The molecule has 0 fully saturated rings. The predicted octanol–water partition coefficient (Wildman–Crippen LogP) is 20.2. The van der Waals surface area contributed by atoms with Gasteiger partial charge in [0.2, 0.25) is 0 Å². The van der Waals surface area contributed by atoms with E-state index in [0.717, 1.165) is 62.5 Å². The fourth-order valence-corrected chi connectivity index (χ4v) is 15.9. The molecule has 0 radical (unpaired) electrons. The lowest BCUT2D eigenvalue weighted by molar-refractivity contribution is 0.111. The van der Waals surface area contributed by atoms with Crippen LogP contribution in [0.2, 0.25) is 0 Å². The van der Waals surface area contributed by atoms with E-state index in [1.54, 1.807) is 22.7 Å². The zero-order chi connectivity index (χ0) is 52.2. The van der Waals surface area contributed by atoms with Gasteiger partial charge in [-0.05, 0) is 165 Å². The van der Waals surface area contributed by atoms with Crippen LogP contribution in [0.5, 0.6) is 0 Å². The SMILES string of the molecule is CCCCCCc1ccc(C2(c3ccc(C)cc3)c3cc(-c4ccc(C=O)s4)ccc3-c3sc4c(c32)C(c2ccc(CCCCCC)cc2)(c2ccc(CCCCCC)cc2)c2cc(-c3ccc(C=O)s3)ccc2-4)cc1. The normalized spacial score (nSPS) is 14.8. The molecule has 0 aliphatic heterocycles. The third-order valence-corrected chi connectivity index (χ3v) is 20.0. The van der Waals surface area contributed by atoms with Crippen LogP contribution in [-0.4, -0.2) is 12.6 Å². The van der Waals surface area contributed by atoms with Crippen molar-refractivity contribution in [3.8, 4) is 41.8 Å². The summed E-state index contributed by atoms with van der Waals surface area (Å²) in [6.07, 6.45) is 19.9. The Balaban J connectivity index is 1.23. The smallest absolute Gasteiger partial charge is 0.160 e. The predicted molar refractivity (Wildman–Crippen MR) is 325 cm³/mol. The minimum atomic E-state index is -0.719. The molecule has 3 heterocycles. The Bertz CT molecular complexity index is 3420. The van der Waals surface area contributed by atoms with Crippen molar-refractivity contribution in [2.45, 2.75) is 135 Å². The summed E-state index contributed by atoms with van der Waals surface area (Å²) in [7, 11) is 0. The summed E-state index contributed by atoms with van der Waals surface area (Å²) < 4.78 is 0. The number of thiophene rings is 3. The maximum absolute atomic E-state index is 12.2. The van der Waals surface area contributed by atoms with Crippen LogP contribution in [0, 0.1) is 6.92 Å². The van der Waals surface area contributed by atoms with Gasteiger partial charge >= 0.3 is 0 Å². The molecular weight excluding hydrogens is 981 g/mol. The van der Waals surface area contributed by atoms with Gasteiger partial charge in [-0.25, -0.2) is 0 Å². The van der Waals surface area contributed by atoms with Gasteiger partial charge < -0.3 is 0 Å². The molecule has 5 heteroatoms. The molecule has 0 amide bonds. The molecule has 384 valence electrons. The maximum atomic E-state index is 12.2. The fourth-order valence-electron chi connectivity index (χ4n) is 12.7. The molecule has 0 saturated heterocycles. The Morgan fingerprint density at radius 1 is 0.382 bits per heavy atom. The van der Waals surface area contributed by atoms with Crippen molar-refractivity contribution in [1.29, 1.82) is 0 Å². The van der Waals surface area contributed by atoms with Crippen LogP contribution in [0.1, 0.15) is 184 Å². The van der Waals surface area contributed by atoms with Gasteiger partial charge in [0, 0.05) is 19.5 Å². The number of carbonyl (C=O) groups excluding carboxylic acids is 2. The molecule has 0 N–H and O–H groups in total. The number of rotatable bonds is 23. The Kier molecular flexibility index (Phi) is 15.5. The first-order valence-electron chi connectivity index (χ1n) is 28.3. The van der Waals surface area contributed by atoms with Gasteiger partial charge in [0.25, 0.3) is 0 Å². The van der Waals surface area contributed by atoms with E-state index in [0.29, 0.717) is 0 Å². The summed E-state index contributed by atoms with van der Waals surface area (Å²) in [5, 5.41) is 0. The first-order valence-corrected chi connectivity index (χ1v) is 30.7. The second-order valence-corrected chi connectivity index (χ2v) is 24.8. The molecule has 2 aliphatic carbocycles. The summed E-state index contributed by atoms with van der Waals surface area (Å²) in [5.74, 6) is 0. The van der Waals surface area contributed by atoms with Crippen LogP contribution in [-0.2, 0) is 30.1 Å². The number of hydrogen-bond acceptors (Lipinski definition) is 5.